The third-order valence-electron chi connectivity index (χ3n) is 10.5. The van der Waals surface area contributed by atoms with Crippen molar-refractivity contribution in [3.05, 3.63) is 85.5 Å². The molecule has 2 aromatic rings. The molecule has 0 aliphatic carbocycles. The second-order valence-electron chi connectivity index (χ2n) is 14.0. The molecule has 3 saturated heterocycles. The molecule has 0 unspecified atom stereocenters. The number of esters is 1. The largest absolute Gasteiger partial charge is 0.497 e. The molecule has 3 heterocycles. The van der Waals surface area contributed by atoms with Gasteiger partial charge in [0.05, 0.1) is 50.3 Å². The first-order valence-electron chi connectivity index (χ1n) is 17.9. The van der Waals surface area contributed by atoms with Crippen molar-refractivity contribution < 1.29 is 43.2 Å². The number of ether oxygens (including phenoxy) is 4. The van der Waals surface area contributed by atoms with Crippen LogP contribution < -0.4 is 15.0 Å². The zero-order chi connectivity index (χ0) is 37.6. The quantitative estimate of drug-likeness (QED) is 0.173. The Morgan fingerprint density at radius 1 is 1.10 bits per heavy atom. The number of hydrogen-bond acceptors (Lipinski definition) is 9. The molecule has 12 heteroatoms. The summed E-state index contributed by atoms with van der Waals surface area (Å²) in [4.78, 5) is 60.1. The first kappa shape index (κ1) is 38.7. The number of nitrogens with zero attached hydrogens (tertiary/aromatic N) is 2. The van der Waals surface area contributed by atoms with E-state index in [1.54, 1.807) is 60.6 Å². The molecule has 5 rings (SSSR count). The number of carbonyl (C=O) groups is 4. The summed E-state index contributed by atoms with van der Waals surface area (Å²) in [6.07, 6.45) is 3.07. The van der Waals surface area contributed by atoms with E-state index in [-0.39, 0.29) is 31.4 Å². The van der Waals surface area contributed by atoms with Crippen LogP contribution in [0.15, 0.2) is 79.9 Å². The lowest BCUT2D eigenvalue weighted by Gasteiger charge is -2.40. The van der Waals surface area contributed by atoms with E-state index in [1.807, 2.05) is 32.0 Å². The Morgan fingerprint density at radius 3 is 2.40 bits per heavy atom. The summed E-state index contributed by atoms with van der Waals surface area (Å²) in [6.45, 7) is 11.1. The van der Waals surface area contributed by atoms with Crippen LogP contribution in [0.1, 0.15) is 51.2 Å². The number of allylic oxidation sites excluding steroid dienone is 1. The van der Waals surface area contributed by atoms with E-state index in [0.717, 1.165) is 0 Å². The van der Waals surface area contributed by atoms with Gasteiger partial charge in [-0.15, -0.1) is 13.2 Å². The predicted octanol–water partition coefficient (Wildman–Crippen LogP) is 3.99. The molecular weight excluding hydrogens is 666 g/mol. The summed E-state index contributed by atoms with van der Waals surface area (Å²) >= 11 is 0. The molecule has 280 valence electrons. The number of hydrogen-bond donors (Lipinski definition) is 2. The number of carbonyl (C=O) groups excluding carboxylic acids is 4. The van der Waals surface area contributed by atoms with Gasteiger partial charge in [-0.25, -0.2) is 0 Å². The van der Waals surface area contributed by atoms with Crippen molar-refractivity contribution in [3.63, 3.8) is 0 Å². The highest BCUT2D eigenvalue weighted by molar-refractivity contribution is 6.05. The summed E-state index contributed by atoms with van der Waals surface area (Å²) in [6, 6.07) is 13.4. The molecule has 3 fully saturated rings. The predicted molar refractivity (Wildman–Crippen MR) is 194 cm³/mol. The lowest BCUT2D eigenvalue weighted by Crippen LogP contribution is -2.59. The van der Waals surface area contributed by atoms with Crippen LogP contribution in [-0.4, -0.2) is 97.5 Å². The average molecular weight is 718 g/mol. The number of aliphatic hydroxyl groups is 1. The number of likely N-dealkylation sites (tertiary alicyclic amines) is 1. The Hall–Kier alpha value is -4.52. The van der Waals surface area contributed by atoms with Gasteiger partial charge < -0.3 is 39.2 Å². The summed E-state index contributed by atoms with van der Waals surface area (Å²) in [5.74, 6) is -3.45. The van der Waals surface area contributed by atoms with E-state index in [0.29, 0.717) is 36.3 Å². The molecular formula is C40H51N3O9. The van der Waals surface area contributed by atoms with Gasteiger partial charge in [0.1, 0.15) is 23.5 Å². The fraction of sp³-hybridized carbons (Fsp3) is 0.500. The minimum Gasteiger partial charge on any atom is -0.497 e. The molecule has 0 aromatic heterocycles. The lowest BCUT2D eigenvalue weighted by atomic mass is 9.70. The van der Waals surface area contributed by atoms with E-state index in [9.17, 15) is 24.3 Å². The fourth-order valence-electron chi connectivity index (χ4n) is 8.10. The van der Waals surface area contributed by atoms with Crippen molar-refractivity contribution in [3.8, 4) is 5.75 Å². The topological polar surface area (TPSA) is 144 Å². The normalized spacial score (nSPS) is 24.9. The molecule has 52 heavy (non-hydrogen) atoms. The Balaban J connectivity index is 1.53. The number of nitrogens with one attached hydrogen (secondary N) is 1. The van der Waals surface area contributed by atoms with Crippen LogP contribution in [0.4, 0.5) is 5.69 Å². The molecule has 0 saturated carbocycles. The van der Waals surface area contributed by atoms with E-state index in [4.69, 9.17) is 18.9 Å². The molecule has 3 amide bonds. The number of fused-ring (bicyclic) bond motifs is 1. The van der Waals surface area contributed by atoms with Gasteiger partial charge in [0.2, 0.25) is 11.8 Å². The average Bonchev–Trinajstić information content (AvgIpc) is 3.79. The SMILES string of the molecule is C=CCCC(=O)N[C@H](COC)[C@H](OC(=O)[C@@H]1[C@H]2C(=O)N([C@@H](CO)C(C)C)[C@H](C(=O)N(CC=C)c3ccc(OC)cc3)[C@]23CC[C@H]1O3)c1ccccc1. The monoisotopic (exact) mass is 717 g/mol. The summed E-state index contributed by atoms with van der Waals surface area (Å²) in [7, 11) is 3.05. The van der Waals surface area contributed by atoms with Crippen LogP contribution in [0.25, 0.3) is 0 Å². The lowest BCUT2D eigenvalue weighted by molar-refractivity contribution is -0.163. The molecule has 2 bridgehead atoms. The number of anilines is 1. The molecule has 2 aromatic carbocycles. The van der Waals surface area contributed by atoms with Crippen LogP contribution in [0, 0.1) is 17.8 Å². The van der Waals surface area contributed by atoms with E-state index in [1.165, 1.54) is 12.0 Å². The maximum absolute atomic E-state index is 14.9. The fourth-order valence-corrected chi connectivity index (χ4v) is 8.10. The molecule has 3 aliphatic heterocycles. The smallest absolute Gasteiger partial charge is 0.313 e. The van der Waals surface area contributed by atoms with Gasteiger partial charge >= 0.3 is 5.97 Å². The number of benzene rings is 2. The Kier molecular flexibility index (Phi) is 12.6. The van der Waals surface area contributed by atoms with Crippen molar-refractivity contribution in [1.29, 1.82) is 0 Å². The van der Waals surface area contributed by atoms with Gasteiger partial charge in [-0.2, -0.15) is 0 Å². The van der Waals surface area contributed by atoms with Crippen molar-refractivity contribution in [2.24, 2.45) is 17.8 Å². The van der Waals surface area contributed by atoms with Gasteiger partial charge in [0.15, 0.2) is 0 Å². The van der Waals surface area contributed by atoms with Crippen molar-refractivity contribution in [2.45, 2.75) is 75.5 Å². The standard InChI is InChI=1S/C40H51N3O9/c1-7-9-15-32(45)41-29(24-49-5)35(26-13-11-10-12-14-26)51-39(48)33-31-20-21-40(52-31)34(33)37(46)43(30(23-44)25(3)4)36(40)38(47)42(22-8-2)27-16-18-28(50-6)19-17-27/h7-8,10-14,16-19,25,29-31,33-36,44H,1-2,9,15,20-24H2,3-6H3,(H,41,45)/t29-,30+,31-,33+,34+,35-,36-,40+/m1/s1. The maximum atomic E-state index is 14.9. The molecule has 12 nitrogen and oxygen atoms in total. The van der Waals surface area contributed by atoms with Gasteiger partial charge in [-0.3, -0.25) is 19.2 Å². The number of amides is 3. The van der Waals surface area contributed by atoms with Crippen LogP contribution in [0.2, 0.25) is 0 Å². The van der Waals surface area contributed by atoms with E-state index < -0.39 is 72.2 Å². The van der Waals surface area contributed by atoms with Gasteiger partial charge in [0.25, 0.3) is 5.91 Å². The third-order valence-corrected chi connectivity index (χ3v) is 10.5. The maximum Gasteiger partial charge on any atom is 0.313 e. The second kappa shape index (κ2) is 16.9. The third kappa shape index (κ3) is 7.37. The van der Waals surface area contributed by atoms with Crippen molar-refractivity contribution >= 4 is 29.4 Å². The molecule has 3 aliphatic rings. The van der Waals surface area contributed by atoms with E-state index in [2.05, 4.69) is 18.5 Å². The summed E-state index contributed by atoms with van der Waals surface area (Å²) < 4.78 is 23.8. The Morgan fingerprint density at radius 2 is 1.81 bits per heavy atom. The highest BCUT2D eigenvalue weighted by Crippen LogP contribution is 2.59. The molecule has 8 atom stereocenters. The molecule has 1 spiro atoms. The highest BCUT2D eigenvalue weighted by Gasteiger charge is 2.76. The van der Waals surface area contributed by atoms with Crippen molar-refractivity contribution in [2.75, 3.05) is 38.9 Å². The number of rotatable bonds is 18. The summed E-state index contributed by atoms with van der Waals surface area (Å²) in [5.41, 5.74) is -0.145. The molecule has 0 radical (unpaired) electrons. The molecule has 2 N–H and O–H groups in total. The Bertz CT molecular complexity index is 1600. The summed E-state index contributed by atoms with van der Waals surface area (Å²) in [5, 5.41) is 13.6. The van der Waals surface area contributed by atoms with E-state index >= 15 is 0 Å². The van der Waals surface area contributed by atoms with Crippen LogP contribution in [0.5, 0.6) is 5.75 Å². The zero-order valence-electron chi connectivity index (χ0n) is 30.4. The Labute approximate surface area is 305 Å². The van der Waals surface area contributed by atoms with Crippen LogP contribution >= 0.6 is 0 Å². The van der Waals surface area contributed by atoms with Gasteiger partial charge in [-0.1, -0.05) is 56.3 Å². The van der Waals surface area contributed by atoms with Gasteiger partial charge in [-0.05, 0) is 55.0 Å². The zero-order valence-corrected chi connectivity index (χ0v) is 30.4. The highest BCUT2D eigenvalue weighted by atomic mass is 16.6. The number of aliphatic hydroxyl groups excluding tert-OH is 1. The first-order chi connectivity index (χ1) is 25.1. The minimum atomic E-state index is -1.34. The minimum absolute atomic E-state index is 0.0466. The number of methoxy groups -OCH3 is 2. The van der Waals surface area contributed by atoms with Crippen LogP contribution in [0.3, 0.4) is 0 Å². The van der Waals surface area contributed by atoms with Crippen LogP contribution in [-0.2, 0) is 33.4 Å². The van der Waals surface area contributed by atoms with Crippen molar-refractivity contribution in [1.82, 2.24) is 10.2 Å². The second-order valence-corrected chi connectivity index (χ2v) is 14.0. The van der Waals surface area contributed by atoms with Gasteiger partial charge in [0, 0.05) is 25.8 Å². The first-order valence-corrected chi connectivity index (χ1v) is 17.9.